The minimum atomic E-state index is -0.441. The Morgan fingerprint density at radius 1 is 0.793 bits per heavy atom. The normalized spacial score (nSPS) is 10.5. The fourth-order valence-corrected chi connectivity index (χ4v) is 2.80. The molecule has 0 radical (unpaired) electrons. The van der Waals surface area contributed by atoms with Crippen LogP contribution in [0.3, 0.4) is 0 Å². The first kappa shape index (κ1) is 18.3. The van der Waals surface area contributed by atoms with Gasteiger partial charge in [0, 0.05) is 23.6 Å². The van der Waals surface area contributed by atoms with E-state index >= 15 is 0 Å². The summed E-state index contributed by atoms with van der Waals surface area (Å²) < 4.78 is 5.37. The average molecular weight is 383 g/mol. The second-order valence-corrected chi connectivity index (χ2v) is 6.35. The monoisotopic (exact) mass is 383 g/mol. The number of carbonyl (C=O) groups excluding carboxylic acids is 2. The maximum Gasteiger partial charge on any atom is 0.338 e. The molecule has 0 spiro atoms. The molecule has 0 aliphatic carbocycles. The highest BCUT2D eigenvalue weighted by molar-refractivity contribution is 6.04. The molecule has 0 bridgehead atoms. The molecule has 6 heteroatoms. The Kier molecular flexibility index (Phi) is 5.25. The van der Waals surface area contributed by atoms with Gasteiger partial charge in [-0.15, -0.1) is 0 Å². The van der Waals surface area contributed by atoms with Gasteiger partial charge in [-0.05, 0) is 48.0 Å². The van der Waals surface area contributed by atoms with Gasteiger partial charge in [0.15, 0.2) is 0 Å². The summed E-state index contributed by atoms with van der Waals surface area (Å²) in [5, 5.41) is 2.83. The van der Waals surface area contributed by atoms with Crippen LogP contribution in [0.15, 0.2) is 85.2 Å². The molecule has 4 aromatic rings. The maximum atomic E-state index is 12.3. The zero-order chi connectivity index (χ0) is 20.1. The molecule has 3 aromatic carbocycles. The summed E-state index contributed by atoms with van der Waals surface area (Å²) in [7, 11) is 0. The van der Waals surface area contributed by atoms with Crippen LogP contribution in [0.5, 0.6) is 0 Å². The number of fused-ring (bicyclic) bond motifs is 1. The second-order valence-electron chi connectivity index (χ2n) is 6.35. The van der Waals surface area contributed by atoms with Crippen LogP contribution in [0.25, 0.3) is 11.0 Å². The predicted octanol–water partition coefficient (Wildman–Crippen LogP) is 4.24. The molecule has 0 saturated carbocycles. The number of amides is 1. The third-order valence-corrected chi connectivity index (χ3v) is 4.32. The van der Waals surface area contributed by atoms with Gasteiger partial charge in [-0.2, -0.15) is 0 Å². The smallest absolute Gasteiger partial charge is 0.338 e. The second kappa shape index (κ2) is 8.31. The van der Waals surface area contributed by atoms with Gasteiger partial charge in [-0.25, -0.2) is 4.79 Å². The Morgan fingerprint density at radius 2 is 1.48 bits per heavy atom. The van der Waals surface area contributed by atoms with Crippen molar-refractivity contribution >= 4 is 28.6 Å². The molecule has 1 aromatic heterocycles. The minimum Gasteiger partial charge on any atom is -0.457 e. The number of para-hydroxylation sites is 1. The van der Waals surface area contributed by atoms with Crippen molar-refractivity contribution in [3.8, 4) is 0 Å². The minimum absolute atomic E-state index is 0.109. The van der Waals surface area contributed by atoms with Crippen molar-refractivity contribution in [2.45, 2.75) is 6.61 Å². The van der Waals surface area contributed by atoms with Crippen LogP contribution in [0, 0.1) is 0 Å². The summed E-state index contributed by atoms with van der Waals surface area (Å²) >= 11 is 0. The molecule has 1 heterocycles. The third-order valence-electron chi connectivity index (χ3n) is 4.32. The van der Waals surface area contributed by atoms with Crippen LogP contribution in [-0.2, 0) is 11.3 Å². The van der Waals surface area contributed by atoms with Crippen LogP contribution in [-0.4, -0.2) is 21.8 Å². The fourth-order valence-electron chi connectivity index (χ4n) is 2.80. The summed E-state index contributed by atoms with van der Waals surface area (Å²) in [4.78, 5) is 32.9. The average Bonchev–Trinajstić information content (AvgIpc) is 2.78. The molecule has 0 fully saturated rings. The van der Waals surface area contributed by atoms with Crippen LogP contribution >= 0.6 is 0 Å². The molecule has 0 aliphatic heterocycles. The lowest BCUT2D eigenvalue weighted by atomic mass is 10.1. The van der Waals surface area contributed by atoms with E-state index in [4.69, 9.17) is 4.74 Å². The van der Waals surface area contributed by atoms with E-state index in [9.17, 15) is 9.59 Å². The van der Waals surface area contributed by atoms with E-state index in [1.165, 1.54) is 0 Å². The molecule has 0 aliphatic rings. The fraction of sp³-hybridized carbons (Fsp3) is 0.0435. The van der Waals surface area contributed by atoms with E-state index in [1.54, 1.807) is 54.9 Å². The van der Waals surface area contributed by atoms with Gasteiger partial charge in [-0.1, -0.05) is 30.3 Å². The number of benzene rings is 3. The summed E-state index contributed by atoms with van der Waals surface area (Å²) in [6.07, 6.45) is 3.18. The number of aromatic nitrogens is 2. The van der Waals surface area contributed by atoms with Crippen LogP contribution in [0.2, 0.25) is 0 Å². The van der Waals surface area contributed by atoms with Crippen molar-refractivity contribution in [2.24, 2.45) is 0 Å². The maximum absolute atomic E-state index is 12.3. The van der Waals surface area contributed by atoms with Crippen LogP contribution in [0.1, 0.15) is 26.3 Å². The number of anilines is 1. The first-order valence-corrected chi connectivity index (χ1v) is 9.02. The Labute approximate surface area is 167 Å². The molecule has 0 saturated heterocycles. The SMILES string of the molecule is O=C(Nc1ccccc1)c1ccc(COC(=O)c2ccc3nccnc3c2)cc1. The Morgan fingerprint density at radius 3 is 2.24 bits per heavy atom. The lowest BCUT2D eigenvalue weighted by Crippen LogP contribution is -2.12. The summed E-state index contributed by atoms with van der Waals surface area (Å²) in [5.41, 5.74) is 3.81. The topological polar surface area (TPSA) is 81.2 Å². The van der Waals surface area contributed by atoms with Gasteiger partial charge in [0.1, 0.15) is 6.61 Å². The number of esters is 1. The number of hydrogen-bond donors (Lipinski definition) is 1. The van der Waals surface area contributed by atoms with Gasteiger partial charge < -0.3 is 10.1 Å². The first-order valence-electron chi connectivity index (χ1n) is 9.02. The van der Waals surface area contributed by atoms with Crippen molar-refractivity contribution in [1.29, 1.82) is 0 Å². The molecule has 4 rings (SSSR count). The standard InChI is InChI=1S/C23H17N3O3/c27-22(26-19-4-2-1-3-5-19)17-8-6-16(7-9-17)15-29-23(28)18-10-11-20-21(14-18)25-13-12-24-20/h1-14H,15H2,(H,26,27). The molecule has 142 valence electrons. The molecule has 0 unspecified atom stereocenters. The van der Waals surface area contributed by atoms with E-state index in [-0.39, 0.29) is 12.5 Å². The molecule has 29 heavy (non-hydrogen) atoms. The van der Waals surface area contributed by atoms with E-state index in [2.05, 4.69) is 15.3 Å². The highest BCUT2D eigenvalue weighted by atomic mass is 16.5. The lowest BCUT2D eigenvalue weighted by molar-refractivity contribution is 0.0472. The largest absolute Gasteiger partial charge is 0.457 e. The first-order chi connectivity index (χ1) is 14.2. The number of nitrogens with zero attached hydrogens (tertiary/aromatic N) is 2. The van der Waals surface area contributed by atoms with Crippen molar-refractivity contribution in [2.75, 3.05) is 5.32 Å². The quantitative estimate of drug-likeness (QED) is 0.521. The highest BCUT2D eigenvalue weighted by Crippen LogP contribution is 2.14. The van der Waals surface area contributed by atoms with Gasteiger partial charge in [-0.3, -0.25) is 14.8 Å². The van der Waals surface area contributed by atoms with Gasteiger partial charge in [0.05, 0.1) is 16.6 Å². The number of ether oxygens (including phenoxy) is 1. The molecular formula is C23H17N3O3. The van der Waals surface area contributed by atoms with Crippen LogP contribution < -0.4 is 5.32 Å². The number of hydrogen-bond acceptors (Lipinski definition) is 5. The molecule has 1 amide bonds. The van der Waals surface area contributed by atoms with E-state index in [1.807, 2.05) is 30.3 Å². The summed E-state index contributed by atoms with van der Waals surface area (Å²) in [5.74, 6) is -0.638. The van der Waals surface area contributed by atoms with E-state index < -0.39 is 5.97 Å². The Balaban J connectivity index is 1.37. The highest BCUT2D eigenvalue weighted by Gasteiger charge is 2.10. The summed E-state index contributed by atoms with van der Waals surface area (Å²) in [6.45, 7) is 0.109. The van der Waals surface area contributed by atoms with Crippen molar-refractivity contribution in [3.05, 3.63) is 102 Å². The lowest BCUT2D eigenvalue weighted by Gasteiger charge is -2.08. The van der Waals surface area contributed by atoms with E-state index in [0.717, 1.165) is 11.3 Å². The van der Waals surface area contributed by atoms with Gasteiger partial charge in [0.25, 0.3) is 5.91 Å². The predicted molar refractivity (Wildman–Crippen MR) is 109 cm³/mol. The number of nitrogens with one attached hydrogen (secondary N) is 1. The Hall–Kier alpha value is -4.06. The van der Waals surface area contributed by atoms with Crippen LogP contribution in [0.4, 0.5) is 5.69 Å². The van der Waals surface area contributed by atoms with Gasteiger partial charge >= 0.3 is 5.97 Å². The van der Waals surface area contributed by atoms with Crippen molar-refractivity contribution in [3.63, 3.8) is 0 Å². The van der Waals surface area contributed by atoms with Gasteiger partial charge in [0.2, 0.25) is 0 Å². The summed E-state index contributed by atoms with van der Waals surface area (Å²) in [6, 6.07) is 21.2. The third kappa shape index (κ3) is 4.44. The Bertz CT molecular complexity index is 1160. The molecular weight excluding hydrogens is 366 g/mol. The number of carbonyl (C=O) groups is 2. The van der Waals surface area contributed by atoms with Crippen molar-refractivity contribution in [1.82, 2.24) is 9.97 Å². The zero-order valence-electron chi connectivity index (χ0n) is 15.4. The van der Waals surface area contributed by atoms with E-state index in [0.29, 0.717) is 22.2 Å². The molecule has 1 N–H and O–H groups in total. The molecule has 0 atom stereocenters. The van der Waals surface area contributed by atoms with Crippen molar-refractivity contribution < 1.29 is 14.3 Å². The molecule has 6 nitrogen and oxygen atoms in total. The number of rotatable bonds is 5. The zero-order valence-corrected chi connectivity index (χ0v) is 15.4.